The van der Waals surface area contributed by atoms with E-state index in [1.165, 1.54) is 12.2 Å². The van der Waals surface area contributed by atoms with Crippen LogP contribution in [0.25, 0.3) is 0 Å². The quantitative estimate of drug-likeness (QED) is 0.476. The van der Waals surface area contributed by atoms with Crippen LogP contribution in [0.3, 0.4) is 0 Å². The highest BCUT2D eigenvalue weighted by molar-refractivity contribution is 5.83. The molecule has 0 aliphatic heterocycles. The van der Waals surface area contributed by atoms with Gasteiger partial charge in [0.2, 0.25) is 0 Å². The first kappa shape index (κ1) is 11.7. The second-order valence-corrected chi connectivity index (χ2v) is 2.16. The molecule has 0 heterocycles. The molecule has 0 radical (unpaired) electrons. The summed E-state index contributed by atoms with van der Waals surface area (Å²) in [7, 11) is 0. The van der Waals surface area contributed by atoms with Crippen molar-refractivity contribution < 1.29 is 19.1 Å². The summed E-state index contributed by atoms with van der Waals surface area (Å²) in [5.41, 5.74) is 0. The third-order valence-electron chi connectivity index (χ3n) is 1.13. The monoisotopic (exact) mass is 186 g/mol. The summed E-state index contributed by atoms with van der Waals surface area (Å²) >= 11 is 0. The van der Waals surface area contributed by atoms with Gasteiger partial charge in [-0.2, -0.15) is 0 Å². The molecule has 0 saturated carbocycles. The van der Waals surface area contributed by atoms with E-state index in [0.29, 0.717) is 13.2 Å². The van der Waals surface area contributed by atoms with Gasteiger partial charge in [0.15, 0.2) is 0 Å². The Morgan fingerprint density at radius 2 is 1.77 bits per heavy atom. The van der Waals surface area contributed by atoms with E-state index in [9.17, 15) is 9.59 Å². The minimum absolute atomic E-state index is 0.104. The maximum atomic E-state index is 10.8. The summed E-state index contributed by atoms with van der Waals surface area (Å²) in [6.45, 7) is 4.14. The lowest BCUT2D eigenvalue weighted by Crippen LogP contribution is -2.03. The van der Waals surface area contributed by atoms with Gasteiger partial charge in [-0.3, -0.25) is 4.79 Å². The highest BCUT2D eigenvalue weighted by Gasteiger charge is 1.98. The van der Waals surface area contributed by atoms with Gasteiger partial charge >= 0.3 is 11.9 Å². The normalized spacial score (nSPS) is 10.0. The van der Waals surface area contributed by atoms with Gasteiger partial charge in [-0.1, -0.05) is 6.08 Å². The molecule has 0 spiro atoms. The van der Waals surface area contributed by atoms with Crippen LogP contribution < -0.4 is 0 Å². The molecule has 0 amide bonds. The fourth-order valence-electron chi connectivity index (χ4n) is 0.662. The third kappa shape index (κ3) is 7.05. The van der Waals surface area contributed by atoms with Gasteiger partial charge in [-0.05, 0) is 13.8 Å². The Labute approximate surface area is 77.5 Å². The zero-order valence-corrected chi connectivity index (χ0v) is 7.91. The smallest absolute Gasteiger partial charge is 0.330 e. The first-order valence-electron chi connectivity index (χ1n) is 4.19. The van der Waals surface area contributed by atoms with Gasteiger partial charge in [0.05, 0.1) is 19.6 Å². The van der Waals surface area contributed by atoms with Crippen LogP contribution in [0.4, 0.5) is 0 Å². The summed E-state index contributed by atoms with van der Waals surface area (Å²) in [6.07, 6.45) is 2.75. The number of ether oxygens (including phenoxy) is 2. The van der Waals surface area contributed by atoms with Crippen LogP contribution in [0.2, 0.25) is 0 Å². The zero-order chi connectivity index (χ0) is 10.1. The summed E-state index contributed by atoms with van der Waals surface area (Å²) in [6, 6.07) is 0. The predicted molar refractivity (Wildman–Crippen MR) is 47.0 cm³/mol. The zero-order valence-electron chi connectivity index (χ0n) is 7.91. The Morgan fingerprint density at radius 1 is 1.15 bits per heavy atom. The lowest BCUT2D eigenvalue weighted by molar-refractivity contribution is -0.142. The molecule has 4 nitrogen and oxygen atoms in total. The van der Waals surface area contributed by atoms with Gasteiger partial charge in [-0.25, -0.2) is 4.79 Å². The summed E-state index contributed by atoms with van der Waals surface area (Å²) in [4.78, 5) is 21.5. The minimum Gasteiger partial charge on any atom is -0.466 e. The summed E-state index contributed by atoms with van der Waals surface area (Å²) in [5.74, 6) is -0.783. The third-order valence-corrected chi connectivity index (χ3v) is 1.13. The summed E-state index contributed by atoms with van der Waals surface area (Å²) < 4.78 is 9.25. The maximum absolute atomic E-state index is 10.8. The van der Waals surface area contributed by atoms with E-state index in [0.717, 1.165) is 0 Å². The fourth-order valence-corrected chi connectivity index (χ4v) is 0.662. The van der Waals surface area contributed by atoms with Crippen LogP contribution in [0.1, 0.15) is 20.3 Å². The van der Waals surface area contributed by atoms with Gasteiger partial charge in [0.25, 0.3) is 0 Å². The van der Waals surface area contributed by atoms with Crippen molar-refractivity contribution in [3.8, 4) is 0 Å². The molecular weight excluding hydrogens is 172 g/mol. The Bertz CT molecular complexity index is 196. The first-order valence-corrected chi connectivity index (χ1v) is 4.19. The number of esters is 2. The molecule has 0 unspecified atom stereocenters. The highest BCUT2D eigenvalue weighted by Crippen LogP contribution is 1.89. The molecule has 0 aliphatic rings. The van der Waals surface area contributed by atoms with Crippen molar-refractivity contribution in [1.82, 2.24) is 0 Å². The Kier molecular flexibility index (Phi) is 6.59. The molecule has 0 aromatic carbocycles. The van der Waals surface area contributed by atoms with Gasteiger partial charge in [-0.15, -0.1) is 0 Å². The standard InChI is InChI=1S/C9H14O4/c1-3-12-8(10)6-5-7-9(11)13-4-2/h5-6H,3-4,7H2,1-2H3. The molecule has 0 saturated heterocycles. The van der Waals surface area contributed by atoms with Gasteiger partial charge in [0, 0.05) is 6.08 Å². The van der Waals surface area contributed by atoms with E-state index in [1.54, 1.807) is 13.8 Å². The van der Waals surface area contributed by atoms with Crippen molar-refractivity contribution in [2.45, 2.75) is 20.3 Å². The summed E-state index contributed by atoms with van der Waals surface area (Å²) in [5, 5.41) is 0. The molecule has 0 bridgehead atoms. The largest absolute Gasteiger partial charge is 0.466 e. The number of carbonyl (C=O) groups excluding carboxylic acids is 2. The van der Waals surface area contributed by atoms with E-state index in [2.05, 4.69) is 9.47 Å². The van der Waals surface area contributed by atoms with Gasteiger partial charge in [0.1, 0.15) is 0 Å². The average Bonchev–Trinajstić information content (AvgIpc) is 2.05. The second-order valence-electron chi connectivity index (χ2n) is 2.16. The molecular formula is C9H14O4. The van der Waals surface area contributed by atoms with Crippen molar-refractivity contribution >= 4 is 11.9 Å². The lowest BCUT2D eigenvalue weighted by atomic mass is 10.4. The molecule has 0 aliphatic carbocycles. The molecule has 0 rings (SSSR count). The SMILES string of the molecule is CCOC(=O)C=CCC(=O)OCC. The number of carbonyl (C=O) groups is 2. The van der Waals surface area contributed by atoms with Crippen LogP contribution >= 0.6 is 0 Å². The van der Waals surface area contributed by atoms with Crippen molar-refractivity contribution in [2.75, 3.05) is 13.2 Å². The number of rotatable bonds is 5. The minimum atomic E-state index is -0.438. The Morgan fingerprint density at radius 3 is 2.31 bits per heavy atom. The van der Waals surface area contributed by atoms with Crippen molar-refractivity contribution in [3.63, 3.8) is 0 Å². The van der Waals surface area contributed by atoms with Crippen LogP contribution in [-0.4, -0.2) is 25.2 Å². The van der Waals surface area contributed by atoms with Crippen molar-refractivity contribution in [3.05, 3.63) is 12.2 Å². The van der Waals surface area contributed by atoms with Crippen LogP contribution in [-0.2, 0) is 19.1 Å². The molecule has 0 fully saturated rings. The molecule has 0 atom stereocenters. The number of hydrogen-bond donors (Lipinski definition) is 0. The van der Waals surface area contributed by atoms with E-state index < -0.39 is 5.97 Å². The molecule has 0 aromatic rings. The molecule has 4 heteroatoms. The Balaban J connectivity index is 3.61. The van der Waals surface area contributed by atoms with E-state index in [1.807, 2.05) is 0 Å². The average molecular weight is 186 g/mol. The second kappa shape index (κ2) is 7.34. The Hall–Kier alpha value is -1.32. The lowest BCUT2D eigenvalue weighted by Gasteiger charge is -1.96. The number of hydrogen-bond acceptors (Lipinski definition) is 4. The van der Waals surface area contributed by atoms with Crippen LogP contribution in [0, 0.1) is 0 Å². The van der Waals surface area contributed by atoms with Crippen molar-refractivity contribution in [1.29, 1.82) is 0 Å². The van der Waals surface area contributed by atoms with Crippen molar-refractivity contribution in [2.24, 2.45) is 0 Å². The van der Waals surface area contributed by atoms with E-state index >= 15 is 0 Å². The maximum Gasteiger partial charge on any atom is 0.330 e. The van der Waals surface area contributed by atoms with Crippen LogP contribution in [0.5, 0.6) is 0 Å². The topological polar surface area (TPSA) is 52.6 Å². The van der Waals surface area contributed by atoms with E-state index in [4.69, 9.17) is 0 Å². The highest BCUT2D eigenvalue weighted by atomic mass is 16.5. The van der Waals surface area contributed by atoms with E-state index in [-0.39, 0.29) is 12.4 Å². The van der Waals surface area contributed by atoms with Gasteiger partial charge < -0.3 is 9.47 Å². The molecule has 13 heavy (non-hydrogen) atoms. The molecule has 0 aromatic heterocycles. The molecule has 74 valence electrons. The predicted octanol–water partition coefficient (Wildman–Crippen LogP) is 1.06. The fraction of sp³-hybridized carbons (Fsp3) is 0.556. The first-order chi connectivity index (χ1) is 6.20. The van der Waals surface area contributed by atoms with Crippen LogP contribution in [0.15, 0.2) is 12.2 Å². The molecule has 0 N–H and O–H groups in total.